The maximum atomic E-state index is 14.6. The van der Waals surface area contributed by atoms with Gasteiger partial charge < -0.3 is 29.4 Å². The first-order valence-corrected chi connectivity index (χ1v) is 21.5. The molecule has 3 aromatic rings. The van der Waals surface area contributed by atoms with Gasteiger partial charge in [0.15, 0.2) is 0 Å². The second-order valence-corrected chi connectivity index (χ2v) is 17.9. The quantitative estimate of drug-likeness (QED) is 0.184. The van der Waals surface area contributed by atoms with Crippen LogP contribution in [0.2, 0.25) is 0 Å². The average Bonchev–Trinajstić information content (AvgIpc) is 3.50. The van der Waals surface area contributed by atoms with E-state index in [9.17, 15) is 14.4 Å². The third-order valence-electron chi connectivity index (χ3n) is 12.3. The predicted octanol–water partition coefficient (Wildman–Crippen LogP) is 5.23. The second kappa shape index (κ2) is 17.2. The number of cyclic esters (lactones) is 1. The molecule has 3 N–H and O–H groups in total. The number of likely N-dealkylation sites (N-methyl/N-ethyl adjacent to an activating group) is 1. The summed E-state index contributed by atoms with van der Waals surface area (Å²) in [6.45, 7) is 14.7. The molecule has 1 aliphatic carbocycles. The number of esters is 1. The minimum atomic E-state index is -1.06. The fraction of sp³-hybridized carbons (Fsp3) is 0.605. The molecule has 1 aromatic carbocycles. The van der Waals surface area contributed by atoms with Crippen LogP contribution in [0, 0.1) is 23.2 Å². The van der Waals surface area contributed by atoms with E-state index in [1.807, 2.05) is 26.2 Å². The van der Waals surface area contributed by atoms with E-state index in [1.165, 1.54) is 5.01 Å². The highest BCUT2D eigenvalue weighted by atomic mass is 32.2. The smallest absolute Gasteiger partial charge is 0.324 e. The Kier molecular flexibility index (Phi) is 12.5. The molecule has 1 saturated heterocycles. The Balaban J connectivity index is 1.38. The van der Waals surface area contributed by atoms with Crippen molar-refractivity contribution in [3.8, 4) is 11.3 Å². The molecule has 2 aromatic heterocycles. The molecule has 0 radical (unpaired) electrons. The molecule has 308 valence electrons. The Labute approximate surface area is 340 Å². The molecular weight excluding hydrogens is 743 g/mol. The molecule has 3 aliphatic heterocycles. The molecule has 8 atom stereocenters. The normalized spacial score (nSPS) is 28.1. The summed E-state index contributed by atoms with van der Waals surface area (Å²) in [5, 5.41) is 9.51. The van der Waals surface area contributed by atoms with Gasteiger partial charge in [0.05, 0.1) is 36.7 Å². The van der Waals surface area contributed by atoms with Gasteiger partial charge in [-0.05, 0) is 87.4 Å². The monoisotopic (exact) mass is 801 g/mol. The van der Waals surface area contributed by atoms with Gasteiger partial charge in [0.2, 0.25) is 5.91 Å². The number of rotatable bonds is 10. The van der Waals surface area contributed by atoms with Gasteiger partial charge in [0, 0.05) is 66.5 Å². The molecule has 1 saturated carbocycles. The molecule has 2 amide bonds. The summed E-state index contributed by atoms with van der Waals surface area (Å²) in [6.07, 6.45) is 2.48. The number of aryl methyl sites for hydroxylation is 1. The lowest BCUT2D eigenvalue weighted by molar-refractivity contribution is -0.156. The molecule has 57 heavy (non-hydrogen) atoms. The Morgan fingerprint density at radius 3 is 2.70 bits per heavy atom. The van der Waals surface area contributed by atoms with Gasteiger partial charge in [-0.2, -0.15) is 0 Å². The van der Waals surface area contributed by atoms with Crippen LogP contribution in [0.4, 0.5) is 0 Å². The maximum Gasteiger partial charge on any atom is 0.324 e. The number of carbonyl (C=O) groups excluding carboxylic acids is 3. The maximum absolute atomic E-state index is 14.6. The van der Waals surface area contributed by atoms with E-state index in [4.69, 9.17) is 24.2 Å². The van der Waals surface area contributed by atoms with Gasteiger partial charge in [-0.1, -0.05) is 33.8 Å². The van der Waals surface area contributed by atoms with Gasteiger partial charge >= 0.3 is 5.97 Å². The van der Waals surface area contributed by atoms with E-state index in [1.54, 1.807) is 18.9 Å². The number of hydrazine groups is 1. The highest BCUT2D eigenvalue weighted by Crippen LogP contribution is 2.46. The van der Waals surface area contributed by atoms with Crippen LogP contribution in [0.3, 0.4) is 0 Å². The van der Waals surface area contributed by atoms with E-state index in [-0.39, 0.29) is 48.3 Å². The lowest BCUT2D eigenvalue weighted by Crippen LogP contribution is -2.63. The molecular formula is C43H59N7O6S. The zero-order valence-electron chi connectivity index (χ0n) is 34.6. The lowest BCUT2D eigenvalue weighted by atomic mass is 9.84. The number of pyridine rings is 1. The van der Waals surface area contributed by atoms with Crippen LogP contribution < -0.4 is 16.1 Å². The summed E-state index contributed by atoms with van der Waals surface area (Å²) in [4.78, 5) is 52.4. The summed E-state index contributed by atoms with van der Waals surface area (Å²) >= 11 is 1.57. The van der Waals surface area contributed by atoms with Crippen molar-refractivity contribution in [2.75, 3.05) is 46.2 Å². The van der Waals surface area contributed by atoms with E-state index < -0.39 is 29.6 Å². The van der Waals surface area contributed by atoms with Gasteiger partial charge in [0.1, 0.15) is 23.2 Å². The number of ether oxygens (including phenoxy) is 3. The fourth-order valence-corrected chi connectivity index (χ4v) is 9.84. The van der Waals surface area contributed by atoms with Crippen molar-refractivity contribution < 1.29 is 28.6 Å². The van der Waals surface area contributed by atoms with Crippen LogP contribution in [0.15, 0.2) is 41.5 Å². The minimum absolute atomic E-state index is 0.168. The Bertz CT molecular complexity index is 2010. The van der Waals surface area contributed by atoms with Crippen LogP contribution in [-0.4, -0.2) is 102 Å². The van der Waals surface area contributed by atoms with Crippen molar-refractivity contribution in [1.29, 1.82) is 0 Å². The van der Waals surface area contributed by atoms with Gasteiger partial charge in [-0.15, -0.1) is 11.8 Å². The van der Waals surface area contributed by atoms with Crippen molar-refractivity contribution in [2.45, 2.75) is 97.7 Å². The first kappa shape index (κ1) is 41.3. The van der Waals surface area contributed by atoms with E-state index in [0.717, 1.165) is 45.5 Å². The third-order valence-corrected chi connectivity index (χ3v) is 13.4. The lowest BCUT2D eigenvalue weighted by Gasteiger charge is -2.37. The number of aliphatic imine (C=N–C) groups is 1. The number of benzene rings is 1. The third kappa shape index (κ3) is 8.38. The van der Waals surface area contributed by atoms with Crippen molar-refractivity contribution in [3.05, 3.63) is 53.3 Å². The Morgan fingerprint density at radius 1 is 1.19 bits per heavy atom. The number of nitrogens with zero attached hydrogens (tertiary/aromatic N) is 4. The van der Waals surface area contributed by atoms with Crippen molar-refractivity contribution in [2.24, 2.45) is 28.2 Å². The van der Waals surface area contributed by atoms with Crippen LogP contribution in [0.1, 0.15) is 83.4 Å². The number of nitrogens with one attached hydrogen (secondary N) is 3. The SMILES string of the molecule is CCn1c(-c2cccnc2[C@H](C)OC)c2c3cc(ccc31)C1CSC(=N1)[C@@H](OCCNC)[C@H](NC(=O)[C@H]1[C@H](C)[C@@H]1C)C(=O)N1CCC[C@H](N1)C(=O)OCC(C)(C)C2. The highest BCUT2D eigenvalue weighted by Gasteiger charge is 2.50. The number of amides is 2. The molecule has 13 nitrogen and oxygen atoms in total. The van der Waals surface area contributed by atoms with E-state index in [0.29, 0.717) is 49.8 Å². The summed E-state index contributed by atoms with van der Waals surface area (Å²) in [7, 11) is 3.55. The zero-order chi connectivity index (χ0) is 40.6. The molecule has 2 fully saturated rings. The van der Waals surface area contributed by atoms with Gasteiger partial charge in [-0.25, -0.2) is 5.43 Å². The van der Waals surface area contributed by atoms with Crippen LogP contribution in [0.5, 0.6) is 0 Å². The first-order chi connectivity index (χ1) is 27.4. The minimum Gasteiger partial charge on any atom is -0.464 e. The summed E-state index contributed by atoms with van der Waals surface area (Å²) in [6, 6.07) is 8.71. The number of carbonyl (C=O) groups is 3. The van der Waals surface area contributed by atoms with Crippen molar-refractivity contribution in [3.63, 3.8) is 0 Å². The highest BCUT2D eigenvalue weighted by molar-refractivity contribution is 8.14. The number of thioether (sulfide) groups is 1. The summed E-state index contributed by atoms with van der Waals surface area (Å²) in [5.41, 5.74) is 8.97. The number of hydrogen-bond donors (Lipinski definition) is 3. The summed E-state index contributed by atoms with van der Waals surface area (Å²) < 4.78 is 20.8. The van der Waals surface area contributed by atoms with E-state index >= 15 is 0 Å². The standard InChI is InChI=1S/C43H59N7O6S/c1-9-49-33-15-14-27-20-29(33)30(37(49)28-12-10-16-45-35(28)26(4)54-8)21-43(5,6)23-56-42(53)31-13-11-18-50(48-31)41(52)36(47-39(51)34-24(2)25(34)3)38(55-19-17-44-7)40-46-32(27)22-57-40/h10,12,14-16,20,24-26,31-32,34,36,38,44,48H,9,11,13,17-19,21-23H2,1-8H3,(H,47,51)/t24-,25+,26-,31-,32?,34+,36-,38-/m0/s1. The largest absolute Gasteiger partial charge is 0.464 e. The van der Waals surface area contributed by atoms with E-state index in [2.05, 4.69) is 79.5 Å². The van der Waals surface area contributed by atoms with Gasteiger partial charge in [-0.3, -0.25) is 29.4 Å². The molecule has 1 unspecified atom stereocenters. The van der Waals surface area contributed by atoms with Crippen LogP contribution in [0.25, 0.3) is 22.2 Å². The molecule has 4 aliphatic rings. The molecule has 6 bridgehead atoms. The Morgan fingerprint density at radius 2 is 1.98 bits per heavy atom. The summed E-state index contributed by atoms with van der Waals surface area (Å²) in [5.74, 6) is -0.0241. The molecule has 7 rings (SSSR count). The fourth-order valence-electron chi connectivity index (χ4n) is 8.67. The Hall–Kier alpha value is -3.82. The second-order valence-electron chi connectivity index (χ2n) is 16.8. The average molecular weight is 802 g/mol. The van der Waals surface area contributed by atoms with Gasteiger partial charge in [0.25, 0.3) is 5.91 Å². The number of hydrogen-bond acceptors (Lipinski definition) is 11. The molecule has 0 spiro atoms. The number of methoxy groups -OCH3 is 1. The first-order valence-electron chi connectivity index (χ1n) is 20.5. The number of aromatic nitrogens is 2. The molecule has 14 heteroatoms. The predicted molar refractivity (Wildman–Crippen MR) is 223 cm³/mol. The van der Waals surface area contributed by atoms with Crippen molar-refractivity contribution >= 4 is 45.5 Å². The topological polar surface area (TPSA) is 148 Å². The van der Waals surface area contributed by atoms with Crippen LogP contribution in [-0.2, 0) is 41.6 Å². The molecule has 5 heterocycles. The zero-order valence-corrected chi connectivity index (χ0v) is 35.4. The van der Waals surface area contributed by atoms with Crippen LogP contribution >= 0.6 is 11.8 Å². The van der Waals surface area contributed by atoms with Crippen molar-refractivity contribution in [1.82, 2.24) is 30.6 Å². The number of fused-ring (bicyclic) bond motifs is 5.